The van der Waals surface area contributed by atoms with Gasteiger partial charge in [-0.2, -0.15) is 0 Å². The Hall–Kier alpha value is -1.40. The van der Waals surface area contributed by atoms with E-state index in [-0.39, 0.29) is 0 Å². The van der Waals surface area contributed by atoms with Crippen molar-refractivity contribution in [2.75, 3.05) is 47.4 Å². The molecule has 6 heteroatoms. The van der Waals surface area contributed by atoms with Crippen LogP contribution in [0.4, 0.5) is 0 Å². The second-order valence-corrected chi connectivity index (χ2v) is 8.65. The molecule has 0 N–H and O–H groups in total. The van der Waals surface area contributed by atoms with E-state index in [0.717, 1.165) is 54.0 Å². The summed E-state index contributed by atoms with van der Waals surface area (Å²) in [6.45, 7) is 4.30. The first kappa shape index (κ1) is 18.9. The van der Waals surface area contributed by atoms with E-state index in [0.29, 0.717) is 6.04 Å². The maximum absolute atomic E-state index is 6.46. The van der Waals surface area contributed by atoms with Crippen molar-refractivity contribution in [3.05, 3.63) is 46.5 Å². The molecule has 27 heavy (non-hydrogen) atoms. The van der Waals surface area contributed by atoms with Crippen molar-refractivity contribution in [1.82, 2.24) is 9.80 Å². The van der Waals surface area contributed by atoms with Crippen LogP contribution in [-0.2, 0) is 6.42 Å². The Morgan fingerprint density at radius 2 is 1.81 bits per heavy atom. The highest BCUT2D eigenvalue weighted by molar-refractivity contribution is 7.99. The molecule has 0 bridgehead atoms. The molecular weight excluding hydrogens is 380 g/mol. The SMILES string of the molecule is COc1ccc2c(c1)Sc1c(OC)cc(Cl)cc1C(N1CCN(C)CC1)C2. The van der Waals surface area contributed by atoms with E-state index in [9.17, 15) is 0 Å². The van der Waals surface area contributed by atoms with Crippen molar-refractivity contribution < 1.29 is 9.47 Å². The summed E-state index contributed by atoms with van der Waals surface area (Å²) >= 11 is 8.22. The zero-order chi connectivity index (χ0) is 19.0. The van der Waals surface area contributed by atoms with Gasteiger partial charge in [0.25, 0.3) is 0 Å². The lowest BCUT2D eigenvalue weighted by Gasteiger charge is -2.38. The Morgan fingerprint density at radius 3 is 2.52 bits per heavy atom. The van der Waals surface area contributed by atoms with Crippen LogP contribution in [0.5, 0.6) is 11.5 Å². The van der Waals surface area contributed by atoms with Crippen LogP contribution in [0.15, 0.2) is 40.1 Å². The number of halogens is 1. The normalized spacial score (nSPS) is 20.5. The fraction of sp³-hybridized carbons (Fsp3) is 0.429. The molecule has 2 aromatic rings. The topological polar surface area (TPSA) is 24.9 Å². The Morgan fingerprint density at radius 1 is 1.04 bits per heavy atom. The molecular formula is C21H25ClN2O2S. The molecule has 2 heterocycles. The number of nitrogens with zero attached hydrogens (tertiary/aromatic N) is 2. The molecule has 4 nitrogen and oxygen atoms in total. The highest BCUT2D eigenvalue weighted by atomic mass is 35.5. The Labute approximate surface area is 170 Å². The van der Waals surface area contributed by atoms with Crippen molar-refractivity contribution in [1.29, 1.82) is 0 Å². The largest absolute Gasteiger partial charge is 0.497 e. The van der Waals surface area contributed by atoms with E-state index < -0.39 is 0 Å². The van der Waals surface area contributed by atoms with Crippen LogP contribution in [0.25, 0.3) is 0 Å². The Bertz CT molecular complexity index is 837. The molecule has 0 aliphatic carbocycles. The molecule has 1 unspecified atom stereocenters. The molecule has 0 radical (unpaired) electrons. The quantitative estimate of drug-likeness (QED) is 0.757. The highest BCUT2D eigenvalue weighted by Gasteiger charge is 2.31. The van der Waals surface area contributed by atoms with Gasteiger partial charge in [-0.25, -0.2) is 0 Å². The van der Waals surface area contributed by atoms with Gasteiger partial charge in [0.1, 0.15) is 11.5 Å². The molecule has 1 atom stereocenters. The molecule has 2 aromatic carbocycles. The number of fused-ring (bicyclic) bond motifs is 2. The summed E-state index contributed by atoms with van der Waals surface area (Å²) in [6.07, 6.45) is 0.965. The number of ether oxygens (including phenoxy) is 2. The monoisotopic (exact) mass is 404 g/mol. The van der Waals surface area contributed by atoms with Gasteiger partial charge in [0, 0.05) is 42.1 Å². The molecule has 0 saturated carbocycles. The van der Waals surface area contributed by atoms with Crippen LogP contribution in [0.3, 0.4) is 0 Å². The van der Waals surface area contributed by atoms with Crippen molar-refractivity contribution in [2.45, 2.75) is 22.3 Å². The zero-order valence-corrected chi connectivity index (χ0v) is 17.6. The first-order valence-corrected chi connectivity index (χ1v) is 10.4. The molecule has 2 aliphatic heterocycles. The predicted molar refractivity (Wildman–Crippen MR) is 111 cm³/mol. The fourth-order valence-electron chi connectivity index (χ4n) is 3.91. The number of piperazine rings is 1. The van der Waals surface area contributed by atoms with Gasteiger partial charge in [0.2, 0.25) is 0 Å². The fourth-order valence-corrected chi connectivity index (χ4v) is 5.36. The van der Waals surface area contributed by atoms with Crippen molar-refractivity contribution in [3.8, 4) is 11.5 Å². The molecule has 144 valence electrons. The van der Waals surface area contributed by atoms with E-state index in [1.54, 1.807) is 26.0 Å². The van der Waals surface area contributed by atoms with E-state index in [1.807, 2.05) is 6.07 Å². The second kappa shape index (κ2) is 7.92. The Kier molecular flexibility index (Phi) is 5.55. The van der Waals surface area contributed by atoms with Crippen LogP contribution in [-0.4, -0.2) is 57.2 Å². The molecule has 4 rings (SSSR count). The third kappa shape index (κ3) is 3.79. The lowest BCUT2D eigenvalue weighted by molar-refractivity contribution is 0.109. The number of likely N-dealkylation sites (N-methyl/N-ethyl adjacent to an activating group) is 1. The molecule has 1 fully saturated rings. The number of benzene rings is 2. The van der Waals surface area contributed by atoms with Crippen LogP contribution >= 0.6 is 23.4 Å². The lowest BCUT2D eigenvalue weighted by Crippen LogP contribution is -2.46. The van der Waals surface area contributed by atoms with E-state index >= 15 is 0 Å². The number of hydrogen-bond acceptors (Lipinski definition) is 5. The van der Waals surface area contributed by atoms with Crippen molar-refractivity contribution in [3.63, 3.8) is 0 Å². The van der Waals surface area contributed by atoms with E-state index in [4.69, 9.17) is 21.1 Å². The van der Waals surface area contributed by atoms with Gasteiger partial charge in [0.15, 0.2) is 0 Å². The summed E-state index contributed by atoms with van der Waals surface area (Å²) in [4.78, 5) is 7.38. The highest BCUT2D eigenvalue weighted by Crippen LogP contribution is 2.48. The average Bonchev–Trinajstić information content (AvgIpc) is 2.84. The van der Waals surface area contributed by atoms with Gasteiger partial charge >= 0.3 is 0 Å². The van der Waals surface area contributed by atoms with E-state index in [1.165, 1.54) is 16.0 Å². The maximum Gasteiger partial charge on any atom is 0.134 e. The summed E-state index contributed by atoms with van der Waals surface area (Å²) in [5.41, 5.74) is 2.61. The third-order valence-electron chi connectivity index (χ3n) is 5.51. The van der Waals surface area contributed by atoms with Gasteiger partial charge in [0.05, 0.1) is 19.1 Å². The average molecular weight is 405 g/mol. The molecule has 0 spiro atoms. The molecule has 0 amide bonds. The van der Waals surface area contributed by atoms with Crippen molar-refractivity contribution in [2.24, 2.45) is 0 Å². The number of methoxy groups -OCH3 is 2. The Balaban J connectivity index is 1.82. The lowest BCUT2D eigenvalue weighted by atomic mass is 9.96. The molecule has 0 aromatic heterocycles. The minimum absolute atomic E-state index is 0.295. The minimum Gasteiger partial charge on any atom is -0.497 e. The predicted octanol–water partition coefficient (Wildman–Crippen LogP) is 4.35. The smallest absolute Gasteiger partial charge is 0.134 e. The second-order valence-electron chi connectivity index (χ2n) is 7.16. The summed E-state index contributed by atoms with van der Waals surface area (Å²) in [5.74, 6) is 1.73. The van der Waals surface area contributed by atoms with Crippen LogP contribution < -0.4 is 9.47 Å². The van der Waals surface area contributed by atoms with Gasteiger partial charge in [-0.1, -0.05) is 29.4 Å². The summed E-state index contributed by atoms with van der Waals surface area (Å²) in [5, 5.41) is 0.730. The minimum atomic E-state index is 0.295. The number of rotatable bonds is 3. The first-order valence-electron chi connectivity index (χ1n) is 9.24. The van der Waals surface area contributed by atoms with Crippen LogP contribution in [0, 0.1) is 0 Å². The molecule has 1 saturated heterocycles. The summed E-state index contributed by atoms with van der Waals surface area (Å²) < 4.78 is 11.2. The summed E-state index contributed by atoms with van der Waals surface area (Å²) in [6, 6.07) is 10.7. The summed E-state index contributed by atoms with van der Waals surface area (Å²) in [7, 11) is 5.62. The number of hydrogen-bond donors (Lipinski definition) is 0. The standard InChI is InChI=1S/C21H25ClN2O2S/c1-23-6-8-24(9-7-23)18-10-14-4-5-16(25-2)13-20(14)27-21-17(18)11-15(22)12-19(21)26-3/h4-5,11-13,18H,6-10H2,1-3H3. The van der Waals surface area contributed by atoms with Crippen molar-refractivity contribution >= 4 is 23.4 Å². The van der Waals surface area contributed by atoms with Gasteiger partial charge in [-0.3, -0.25) is 4.90 Å². The molecule has 2 aliphatic rings. The zero-order valence-electron chi connectivity index (χ0n) is 16.0. The maximum atomic E-state index is 6.46. The van der Waals surface area contributed by atoms with E-state index in [2.05, 4.69) is 41.1 Å². The van der Waals surface area contributed by atoms with Crippen LogP contribution in [0.1, 0.15) is 17.2 Å². The van der Waals surface area contributed by atoms with Crippen LogP contribution in [0.2, 0.25) is 5.02 Å². The third-order valence-corrected chi connectivity index (χ3v) is 6.96. The van der Waals surface area contributed by atoms with Gasteiger partial charge in [-0.15, -0.1) is 0 Å². The van der Waals surface area contributed by atoms with Gasteiger partial charge < -0.3 is 14.4 Å². The van der Waals surface area contributed by atoms with Gasteiger partial charge in [-0.05, 0) is 48.9 Å². The first-order chi connectivity index (χ1) is 13.1.